The summed E-state index contributed by atoms with van der Waals surface area (Å²) in [4.78, 5) is 0. The molecule has 0 aromatic heterocycles. The van der Waals surface area contributed by atoms with Gasteiger partial charge in [0.25, 0.3) is 0 Å². The molecule has 0 aliphatic carbocycles. The van der Waals surface area contributed by atoms with E-state index in [2.05, 4.69) is 51.1 Å². The summed E-state index contributed by atoms with van der Waals surface area (Å²) < 4.78 is 5.96. The van der Waals surface area contributed by atoms with Crippen molar-refractivity contribution in [1.82, 2.24) is 0 Å². The quantitative estimate of drug-likeness (QED) is 0.601. The van der Waals surface area contributed by atoms with Gasteiger partial charge in [0.15, 0.2) is 0 Å². The number of aryl methyl sites for hydroxylation is 1. The van der Waals surface area contributed by atoms with Gasteiger partial charge >= 0.3 is 0 Å². The van der Waals surface area contributed by atoms with Gasteiger partial charge in [-0.15, -0.1) is 11.6 Å². The van der Waals surface area contributed by atoms with Crippen molar-refractivity contribution in [3.63, 3.8) is 0 Å². The molecule has 0 N–H and O–H groups in total. The van der Waals surface area contributed by atoms with Crippen LogP contribution in [0.25, 0.3) is 0 Å². The standard InChI is InChI=1S/C16H15O.2Y/c1-11-8-9-13-15(10-11)17-14-7-5-4-6-12(14)16(13,2)3;;/h4,6-10H,1-3H3;;/q-1;;. The molecule has 0 saturated heterocycles. The summed E-state index contributed by atoms with van der Waals surface area (Å²) in [5, 5.41) is 0. The smallest absolute Gasteiger partial charge is 0.115 e. The molecule has 3 rings (SSSR count). The first-order valence-electron chi connectivity index (χ1n) is 5.88. The number of rotatable bonds is 0. The summed E-state index contributed by atoms with van der Waals surface area (Å²) in [5.41, 5.74) is 3.70. The van der Waals surface area contributed by atoms with E-state index in [4.69, 9.17) is 4.74 Å². The third-order valence-corrected chi connectivity index (χ3v) is 3.53. The molecule has 2 aromatic carbocycles. The minimum absolute atomic E-state index is 0. The average Bonchev–Trinajstić information content (AvgIpc) is 2.28. The van der Waals surface area contributed by atoms with Crippen molar-refractivity contribution in [2.24, 2.45) is 0 Å². The first kappa shape index (κ1) is 17.5. The van der Waals surface area contributed by atoms with E-state index < -0.39 is 0 Å². The minimum atomic E-state index is -0.00822. The van der Waals surface area contributed by atoms with E-state index in [1.165, 1.54) is 16.7 Å². The molecule has 0 atom stereocenters. The fourth-order valence-corrected chi connectivity index (χ4v) is 2.51. The maximum Gasteiger partial charge on any atom is 0.115 e. The average molecular weight is 401 g/mol. The molecule has 19 heavy (non-hydrogen) atoms. The van der Waals surface area contributed by atoms with Crippen molar-refractivity contribution in [2.75, 3.05) is 0 Å². The van der Waals surface area contributed by atoms with E-state index in [-0.39, 0.29) is 70.8 Å². The van der Waals surface area contributed by atoms with Gasteiger partial charge in [-0.3, -0.25) is 0 Å². The van der Waals surface area contributed by atoms with E-state index >= 15 is 0 Å². The molecule has 0 fully saturated rings. The van der Waals surface area contributed by atoms with Gasteiger partial charge in [0, 0.05) is 76.7 Å². The van der Waals surface area contributed by atoms with Gasteiger partial charge in [-0.2, -0.15) is 18.2 Å². The molecule has 1 nitrogen and oxygen atoms in total. The number of hydrogen-bond acceptors (Lipinski definition) is 1. The van der Waals surface area contributed by atoms with Crippen LogP contribution in [-0.4, -0.2) is 0 Å². The number of fused-ring (bicyclic) bond motifs is 2. The summed E-state index contributed by atoms with van der Waals surface area (Å²) >= 11 is 0. The Bertz CT molecular complexity index is 591. The molecule has 0 unspecified atom stereocenters. The van der Waals surface area contributed by atoms with Crippen LogP contribution < -0.4 is 4.74 Å². The predicted molar refractivity (Wildman–Crippen MR) is 68.7 cm³/mol. The van der Waals surface area contributed by atoms with Crippen LogP contribution in [0.2, 0.25) is 0 Å². The maximum atomic E-state index is 5.96. The molecule has 92 valence electrons. The molecule has 2 aromatic rings. The normalized spacial score (nSPS) is 14.1. The molecule has 1 aliphatic heterocycles. The molecule has 0 bridgehead atoms. The second-order valence-electron chi connectivity index (χ2n) is 5.15. The van der Waals surface area contributed by atoms with Gasteiger partial charge in [-0.1, -0.05) is 26.0 Å². The second kappa shape index (κ2) is 6.48. The Kier molecular flexibility index (Phi) is 5.96. The van der Waals surface area contributed by atoms with Crippen LogP contribution >= 0.6 is 0 Å². The van der Waals surface area contributed by atoms with Crippen LogP contribution in [0.1, 0.15) is 30.5 Å². The molecule has 0 saturated carbocycles. The zero-order valence-electron chi connectivity index (χ0n) is 11.5. The number of ether oxygens (including phenoxy) is 1. The SMILES string of the molecule is Cc1ccc2c(c1)Oc1c[c-]ccc1C2(C)C.[Y].[Y]. The largest absolute Gasteiger partial charge is 0.516 e. The van der Waals surface area contributed by atoms with Gasteiger partial charge in [-0.25, -0.2) is 0 Å². The Hall–Kier alpha value is 0.448. The van der Waals surface area contributed by atoms with Crippen LogP contribution in [0, 0.1) is 13.0 Å². The fraction of sp³-hybridized carbons (Fsp3) is 0.250. The summed E-state index contributed by atoms with van der Waals surface area (Å²) in [6, 6.07) is 15.5. The first-order chi connectivity index (χ1) is 8.09. The van der Waals surface area contributed by atoms with Crippen LogP contribution in [0.3, 0.4) is 0 Å². The van der Waals surface area contributed by atoms with Gasteiger partial charge in [0.05, 0.1) is 0 Å². The molecule has 0 spiro atoms. The Morgan fingerprint density at radius 1 is 1.00 bits per heavy atom. The summed E-state index contributed by atoms with van der Waals surface area (Å²) in [6.45, 7) is 6.56. The maximum absolute atomic E-state index is 5.96. The molecule has 1 heterocycles. The van der Waals surface area contributed by atoms with Crippen LogP contribution in [0.5, 0.6) is 11.5 Å². The van der Waals surface area contributed by atoms with Gasteiger partial charge < -0.3 is 4.74 Å². The molecule has 0 amide bonds. The molecule has 3 heteroatoms. The Morgan fingerprint density at radius 2 is 1.68 bits per heavy atom. The zero-order chi connectivity index (χ0) is 12.0. The van der Waals surface area contributed by atoms with Gasteiger partial charge in [0.1, 0.15) is 5.75 Å². The van der Waals surface area contributed by atoms with Crippen molar-refractivity contribution < 1.29 is 70.2 Å². The topological polar surface area (TPSA) is 9.23 Å². The van der Waals surface area contributed by atoms with E-state index in [0.717, 1.165) is 11.5 Å². The van der Waals surface area contributed by atoms with E-state index in [9.17, 15) is 0 Å². The Balaban J connectivity index is 0.000000902. The monoisotopic (exact) mass is 401 g/mol. The van der Waals surface area contributed by atoms with Crippen LogP contribution in [0.4, 0.5) is 0 Å². The van der Waals surface area contributed by atoms with Crippen LogP contribution in [-0.2, 0) is 70.8 Å². The Labute approximate surface area is 165 Å². The number of hydrogen-bond donors (Lipinski definition) is 0. The summed E-state index contributed by atoms with van der Waals surface area (Å²) in [5.74, 6) is 1.90. The van der Waals surface area contributed by atoms with Crippen molar-refractivity contribution in [3.05, 3.63) is 59.2 Å². The summed E-state index contributed by atoms with van der Waals surface area (Å²) in [6.07, 6.45) is 0. The fourth-order valence-electron chi connectivity index (χ4n) is 2.51. The third-order valence-electron chi connectivity index (χ3n) is 3.53. The second-order valence-corrected chi connectivity index (χ2v) is 5.15. The number of benzene rings is 2. The summed E-state index contributed by atoms with van der Waals surface area (Å²) in [7, 11) is 0. The molecule has 1 aliphatic rings. The molecule has 2 radical (unpaired) electrons. The Morgan fingerprint density at radius 3 is 2.42 bits per heavy atom. The molecular weight excluding hydrogens is 386 g/mol. The van der Waals surface area contributed by atoms with E-state index in [1.807, 2.05) is 12.1 Å². The van der Waals surface area contributed by atoms with Crippen molar-refractivity contribution in [3.8, 4) is 11.5 Å². The minimum Gasteiger partial charge on any atom is -0.516 e. The van der Waals surface area contributed by atoms with Crippen molar-refractivity contribution >= 4 is 0 Å². The van der Waals surface area contributed by atoms with E-state index in [1.54, 1.807) is 0 Å². The predicted octanol–water partition coefficient (Wildman–Crippen LogP) is 4.22. The van der Waals surface area contributed by atoms with Crippen LogP contribution in [0.15, 0.2) is 36.4 Å². The van der Waals surface area contributed by atoms with Gasteiger partial charge in [0.2, 0.25) is 0 Å². The molecular formula is C16H15OY2-. The first-order valence-corrected chi connectivity index (χ1v) is 5.88. The van der Waals surface area contributed by atoms with Gasteiger partial charge in [-0.05, 0) is 24.0 Å². The zero-order valence-corrected chi connectivity index (χ0v) is 17.2. The third kappa shape index (κ3) is 3.05. The van der Waals surface area contributed by atoms with Crippen molar-refractivity contribution in [2.45, 2.75) is 26.2 Å². The van der Waals surface area contributed by atoms with E-state index in [0.29, 0.717) is 0 Å². The van der Waals surface area contributed by atoms with Crippen molar-refractivity contribution in [1.29, 1.82) is 0 Å².